The van der Waals surface area contributed by atoms with Gasteiger partial charge in [0, 0.05) is 64.9 Å². The van der Waals surface area contributed by atoms with Gasteiger partial charge < -0.3 is 0 Å². The third kappa shape index (κ3) is 13.5. The van der Waals surface area contributed by atoms with Crippen molar-refractivity contribution in [2.45, 2.75) is 6.42 Å². The maximum Gasteiger partial charge on any atom is 0.100 e. The first-order valence-electron chi connectivity index (χ1n) is 17.5. The molecule has 6 rings (SSSR count). The van der Waals surface area contributed by atoms with E-state index in [9.17, 15) is 0 Å². The first-order chi connectivity index (χ1) is 25.3. The summed E-state index contributed by atoms with van der Waals surface area (Å²) in [6, 6.07) is 68.4. The van der Waals surface area contributed by atoms with Crippen LogP contribution in [0.1, 0.15) is 6.42 Å². The quantitative estimate of drug-likeness (QED) is 0.0558. The van der Waals surface area contributed by atoms with Crippen LogP contribution >= 0.6 is 31.7 Å². The fraction of sp³-hybridized carbons (Fsp3) is 0.163. The van der Waals surface area contributed by atoms with Crippen LogP contribution in [0.5, 0.6) is 0 Å². The average Bonchev–Trinajstić information content (AvgIpc) is 3.23. The second-order valence-corrected chi connectivity index (χ2v) is 23.0. The van der Waals surface area contributed by atoms with Crippen LogP contribution < -0.4 is 31.8 Å². The second-order valence-electron chi connectivity index (χ2n) is 12.2. The van der Waals surface area contributed by atoms with Crippen molar-refractivity contribution in [2.24, 2.45) is 0 Å². The number of rotatable bonds is 16. The summed E-state index contributed by atoms with van der Waals surface area (Å²) in [5.74, 6) is 0. The van der Waals surface area contributed by atoms with Crippen LogP contribution in [0.4, 0.5) is 0 Å². The van der Waals surface area contributed by atoms with Crippen molar-refractivity contribution >= 4 is 63.5 Å². The molecule has 0 fully saturated rings. The molecule has 4 nitrogen and oxygen atoms in total. The Labute approximate surface area is 329 Å². The summed E-state index contributed by atoms with van der Waals surface area (Å²) in [4.78, 5) is 0. The Bertz CT molecular complexity index is 1600. The molecule has 2 unspecified atom stereocenters. The molecule has 0 N–H and O–H groups in total. The van der Waals surface area contributed by atoms with Gasteiger partial charge in [-0.2, -0.15) is 0 Å². The number of hydrogen-bond donors (Lipinski definition) is 0. The van der Waals surface area contributed by atoms with Crippen LogP contribution in [0.15, 0.2) is 182 Å². The minimum Gasteiger partial charge on any atom is -0.0620 e. The summed E-state index contributed by atoms with van der Waals surface area (Å²) in [5.41, 5.74) is 0. The van der Waals surface area contributed by atoms with Gasteiger partial charge in [-0.25, -0.2) is 0 Å². The molecule has 6 aromatic rings. The molecule has 0 amide bonds. The van der Waals surface area contributed by atoms with Gasteiger partial charge in [-0.05, 0) is 72.8 Å². The fourth-order valence-corrected chi connectivity index (χ4v) is 19.9. The van der Waals surface area contributed by atoms with E-state index in [0.717, 1.165) is 0 Å². The molecule has 0 bridgehead atoms. The molecule has 0 saturated carbocycles. The van der Waals surface area contributed by atoms with Crippen LogP contribution in [0.3, 0.4) is 0 Å². The van der Waals surface area contributed by atoms with E-state index < -0.39 is 31.7 Å². The SMILES string of the molecule is N#N.N#N.[Mo].c1ccc([PH+](CCC[PH+](CC[PH+](c2ccccc2)c2ccccc2)c2ccccc2)CC[PH+](c2ccccc2)c2ccccc2)cc1. The molecule has 0 heterocycles. The summed E-state index contributed by atoms with van der Waals surface area (Å²) in [6.07, 6.45) is 9.36. The Morgan fingerprint density at radius 2 is 0.481 bits per heavy atom. The van der Waals surface area contributed by atoms with E-state index in [0.29, 0.717) is 0 Å². The Morgan fingerprint density at radius 3 is 0.712 bits per heavy atom. The molecule has 0 saturated heterocycles. The molecule has 9 heteroatoms. The summed E-state index contributed by atoms with van der Waals surface area (Å²) in [6.45, 7) is 0. The minimum atomic E-state index is -0.820. The standard InChI is InChI=1S/C43H44P4.Mo.2N2/c1-7-20-38(21-8-1)44(34-36-46(40-24-11-3-12-25-40)41-26-13-4-14-27-41)32-19-33-45(39-22-9-2-10-23-39)35-37-47(42-28-15-5-16-29-42)43-30-17-6-18-31-43;;2*1-2/h1-18,20-31H,19,32-37H2;;;/p+4. The zero-order valence-electron chi connectivity index (χ0n) is 29.5. The average molecular weight is 841 g/mol. The van der Waals surface area contributed by atoms with E-state index in [-0.39, 0.29) is 21.1 Å². The van der Waals surface area contributed by atoms with Crippen molar-refractivity contribution in [3.05, 3.63) is 182 Å². The zero-order valence-corrected chi connectivity index (χ0v) is 35.5. The van der Waals surface area contributed by atoms with Crippen LogP contribution in [0.25, 0.3) is 0 Å². The molecular weight excluding hydrogens is 792 g/mol. The molecule has 0 radical (unpaired) electrons. The molecule has 2 atom stereocenters. The first-order valence-corrected chi connectivity index (χ1v) is 24.7. The van der Waals surface area contributed by atoms with Crippen LogP contribution in [-0.4, -0.2) is 37.0 Å². The third-order valence-electron chi connectivity index (χ3n) is 9.16. The molecule has 52 heavy (non-hydrogen) atoms. The van der Waals surface area contributed by atoms with Crippen LogP contribution in [-0.2, 0) is 21.1 Å². The van der Waals surface area contributed by atoms with E-state index in [2.05, 4.69) is 182 Å². The van der Waals surface area contributed by atoms with E-state index in [4.69, 9.17) is 21.6 Å². The summed E-state index contributed by atoms with van der Waals surface area (Å²) < 4.78 is 0. The monoisotopic (exact) mass is 842 g/mol. The molecule has 262 valence electrons. The van der Waals surface area contributed by atoms with Gasteiger partial charge in [0.2, 0.25) is 0 Å². The smallest absolute Gasteiger partial charge is 0.0620 e. The van der Waals surface area contributed by atoms with Gasteiger partial charge in [0.25, 0.3) is 0 Å². The number of hydrogen-bond acceptors (Lipinski definition) is 4. The van der Waals surface area contributed by atoms with E-state index in [1.807, 2.05) is 0 Å². The molecule has 0 aliphatic rings. The first kappa shape index (κ1) is 43.0. The van der Waals surface area contributed by atoms with Gasteiger partial charge in [-0.3, -0.25) is 0 Å². The Morgan fingerprint density at radius 1 is 0.269 bits per heavy atom. The summed E-state index contributed by atoms with van der Waals surface area (Å²) in [7, 11) is -2.99. The van der Waals surface area contributed by atoms with Crippen LogP contribution in [0, 0.1) is 21.6 Å². The minimum absolute atomic E-state index is 0. The molecule has 0 aromatic heterocycles. The van der Waals surface area contributed by atoms with Crippen LogP contribution in [0.2, 0.25) is 0 Å². The fourth-order valence-electron chi connectivity index (χ4n) is 6.71. The second kappa shape index (κ2) is 25.5. The van der Waals surface area contributed by atoms with E-state index in [1.165, 1.54) is 43.4 Å². The van der Waals surface area contributed by atoms with Gasteiger partial charge in [0.05, 0.1) is 72.3 Å². The molecule has 6 aromatic carbocycles. The van der Waals surface area contributed by atoms with E-state index in [1.54, 1.807) is 31.8 Å². The van der Waals surface area contributed by atoms with Crippen molar-refractivity contribution in [1.82, 2.24) is 0 Å². The summed E-state index contributed by atoms with van der Waals surface area (Å²) in [5, 5.41) is 33.4. The predicted octanol–water partition coefficient (Wildman–Crippen LogP) is 8.24. The zero-order chi connectivity index (χ0) is 35.9. The van der Waals surface area contributed by atoms with Gasteiger partial charge in [-0.15, -0.1) is 0 Å². The third-order valence-corrected chi connectivity index (χ3v) is 21.7. The topological polar surface area (TPSA) is 95.2 Å². The number of nitrogens with zero attached hydrogens (tertiary/aromatic N) is 4. The van der Waals surface area contributed by atoms with Crippen molar-refractivity contribution < 1.29 is 21.1 Å². The van der Waals surface area contributed by atoms with Crippen molar-refractivity contribution in [1.29, 1.82) is 21.6 Å². The number of benzene rings is 6. The van der Waals surface area contributed by atoms with Crippen molar-refractivity contribution in [3.63, 3.8) is 0 Å². The maximum atomic E-state index is 6.00. The van der Waals surface area contributed by atoms with E-state index >= 15 is 0 Å². The Balaban J connectivity index is 0.00000141. The largest absolute Gasteiger partial charge is 0.100 e. The van der Waals surface area contributed by atoms with Gasteiger partial charge in [-0.1, -0.05) is 109 Å². The maximum absolute atomic E-state index is 6.00. The summed E-state index contributed by atoms with van der Waals surface area (Å²) >= 11 is 0. The van der Waals surface area contributed by atoms with Gasteiger partial charge in [0.15, 0.2) is 0 Å². The molecule has 0 aliphatic heterocycles. The molecular formula is C43H48MoN4P4+4. The normalized spacial score (nSPS) is 11.5. The molecule has 0 aliphatic carbocycles. The van der Waals surface area contributed by atoms with Gasteiger partial charge >= 0.3 is 0 Å². The van der Waals surface area contributed by atoms with Gasteiger partial charge in [0.1, 0.15) is 12.3 Å². The van der Waals surface area contributed by atoms with Crippen molar-refractivity contribution in [2.75, 3.05) is 37.0 Å². The molecule has 0 spiro atoms. The predicted molar refractivity (Wildman–Crippen MR) is 230 cm³/mol. The Hall–Kier alpha value is -3.43. The van der Waals surface area contributed by atoms with Crippen molar-refractivity contribution in [3.8, 4) is 0 Å². The Kier molecular flexibility index (Phi) is 21.1.